The van der Waals surface area contributed by atoms with Gasteiger partial charge in [0.2, 0.25) is 0 Å². The van der Waals surface area contributed by atoms with E-state index in [4.69, 9.17) is 28.1 Å². The molecule has 16 nitrogen and oxygen atoms in total. The standard InChI is InChI=1S/C68H111O16Si5/c1-18-37(4)58(72)83-66(10,11)21-22-67(12,13)84-59(73)38(5)25-44-43-26-40(28-46(43)60(74)79-23-24-81-89(17)35-87(15)33-86(14)34-88(16)36-89)50(44)55-56(63(77)82-62(55)76)52-45-27-41(29-47(45)64(78)85-65(7,8)9)51(52)49-39(6)42-30-48(49)54(53(42)57(70)71)61(75)80-32-68(19-2,20-3)31-69/h37-56,69H,18-36H2,1-17H3,(H,70,71). The minimum Gasteiger partial charge on any atom is -0.481 e. The van der Waals surface area contributed by atoms with Crippen molar-refractivity contribution < 1.29 is 76.7 Å². The number of fused-ring (bicyclic) bond motifs is 6. The molecule has 0 aromatic rings. The largest absolute Gasteiger partial charge is 0.481 e. The van der Waals surface area contributed by atoms with Crippen LogP contribution in [0.25, 0.3) is 0 Å². The molecule has 8 rings (SSSR count). The first kappa shape index (κ1) is 72.0. The van der Waals surface area contributed by atoms with Gasteiger partial charge in [0.15, 0.2) is 8.32 Å². The van der Waals surface area contributed by atoms with Crippen LogP contribution < -0.4 is 0 Å². The van der Waals surface area contributed by atoms with Gasteiger partial charge in [0.25, 0.3) is 0 Å². The minimum atomic E-state index is -2.00. The molecule has 0 amide bonds. The first-order valence-corrected chi connectivity index (χ1v) is 45.4. The zero-order valence-electron chi connectivity index (χ0n) is 57.1. The fraction of sp³-hybridized carbons (Fsp3) is 0.882. The van der Waals surface area contributed by atoms with Crippen molar-refractivity contribution in [2.75, 3.05) is 26.4 Å². The molecule has 0 aromatic carbocycles. The van der Waals surface area contributed by atoms with Gasteiger partial charge in [0.1, 0.15) is 32.7 Å². The van der Waals surface area contributed by atoms with E-state index in [1.807, 2.05) is 62.3 Å². The van der Waals surface area contributed by atoms with E-state index < -0.39 is 132 Å². The number of ether oxygens (including phenoxy) is 5. The molecular formula is C68H111O16Si5. The van der Waals surface area contributed by atoms with Gasteiger partial charge in [0, 0.05) is 37.7 Å². The topological polar surface area (TPSA) is 232 Å². The molecule has 5 radical (unpaired) electrons. The number of carboxylic acid groups (broad SMARTS) is 1. The van der Waals surface area contributed by atoms with Crippen LogP contribution in [0.15, 0.2) is 0 Å². The smallest absolute Gasteiger partial charge is 0.317 e. The van der Waals surface area contributed by atoms with Gasteiger partial charge in [-0.2, -0.15) is 0 Å². The summed E-state index contributed by atoms with van der Waals surface area (Å²) in [5.74, 6) is -13.0. The van der Waals surface area contributed by atoms with Crippen LogP contribution in [0.2, 0.25) is 53.9 Å². The highest BCUT2D eigenvalue weighted by Crippen LogP contribution is 2.71. The Bertz CT molecular complexity index is 2580. The van der Waals surface area contributed by atoms with E-state index in [0.29, 0.717) is 70.8 Å². The fourth-order valence-corrected chi connectivity index (χ4v) is 47.3. The second-order valence-electron chi connectivity index (χ2n) is 32.6. The van der Waals surface area contributed by atoms with Gasteiger partial charge >= 0.3 is 41.8 Å². The van der Waals surface area contributed by atoms with Crippen LogP contribution in [-0.2, 0) is 66.5 Å². The molecule has 20 unspecified atom stereocenters. The van der Waals surface area contributed by atoms with Crippen molar-refractivity contribution in [1.82, 2.24) is 0 Å². The lowest BCUT2D eigenvalue weighted by molar-refractivity contribution is -0.169. The zero-order chi connectivity index (χ0) is 65.8. The van der Waals surface area contributed by atoms with Gasteiger partial charge in [-0.25, -0.2) is 0 Å². The van der Waals surface area contributed by atoms with Crippen LogP contribution in [0, 0.1) is 124 Å². The summed E-state index contributed by atoms with van der Waals surface area (Å²) in [4.78, 5) is 115. The molecule has 2 aliphatic heterocycles. The van der Waals surface area contributed by atoms with Crippen LogP contribution in [0.1, 0.15) is 161 Å². The Kier molecular flexibility index (Phi) is 22.8. The Morgan fingerprint density at radius 1 is 0.663 bits per heavy atom. The highest BCUT2D eigenvalue weighted by atomic mass is 28.4. The number of aliphatic carboxylic acids is 1. The Labute approximate surface area is 541 Å². The Hall–Kier alpha value is -2.84. The van der Waals surface area contributed by atoms with E-state index >= 15 is 9.59 Å². The third-order valence-electron chi connectivity index (χ3n) is 23.9. The van der Waals surface area contributed by atoms with Gasteiger partial charge in [-0.1, -0.05) is 93.3 Å². The van der Waals surface area contributed by atoms with Crippen molar-refractivity contribution in [3.05, 3.63) is 0 Å². The van der Waals surface area contributed by atoms with Crippen LogP contribution in [0.4, 0.5) is 0 Å². The van der Waals surface area contributed by atoms with Crippen molar-refractivity contribution in [1.29, 1.82) is 0 Å². The molecule has 8 fully saturated rings. The summed E-state index contributed by atoms with van der Waals surface area (Å²) < 4.78 is 37.3. The van der Waals surface area contributed by atoms with Crippen molar-refractivity contribution in [3.8, 4) is 0 Å². The molecular weight excluding hydrogens is 1210 g/mol. The Balaban J connectivity index is 1.10. The second-order valence-corrected chi connectivity index (χ2v) is 49.5. The highest BCUT2D eigenvalue weighted by Gasteiger charge is 2.72. The number of aliphatic hydroxyl groups excluding tert-OH is 1. The molecule has 20 atom stereocenters. The number of carbonyl (C=O) groups is 8. The molecule has 0 aromatic heterocycles. The Morgan fingerprint density at radius 2 is 1.21 bits per heavy atom. The summed E-state index contributed by atoms with van der Waals surface area (Å²) in [5.41, 5.74) is 2.82. The van der Waals surface area contributed by atoms with Crippen LogP contribution in [-0.4, -0.2) is 139 Å². The predicted molar refractivity (Wildman–Crippen MR) is 347 cm³/mol. The number of rotatable bonds is 27. The molecule has 2 heterocycles. The number of hydrogen-bond donors (Lipinski definition) is 2. The second kappa shape index (κ2) is 28.2. The van der Waals surface area contributed by atoms with E-state index in [1.54, 1.807) is 0 Å². The van der Waals surface area contributed by atoms with Gasteiger partial charge in [-0.05, 0) is 192 Å². The third kappa shape index (κ3) is 15.6. The van der Waals surface area contributed by atoms with Crippen molar-refractivity contribution >= 4 is 91.4 Å². The molecule has 6 saturated carbocycles. The number of hydrogen-bond acceptors (Lipinski definition) is 15. The summed E-state index contributed by atoms with van der Waals surface area (Å²) in [6.45, 7) is 35.3. The van der Waals surface area contributed by atoms with E-state index in [1.165, 1.54) is 22.7 Å². The molecule has 6 bridgehead atoms. The average molecular weight is 1330 g/mol. The van der Waals surface area contributed by atoms with Crippen molar-refractivity contribution in [3.63, 3.8) is 0 Å². The maximum atomic E-state index is 15.2. The Morgan fingerprint density at radius 3 is 1.76 bits per heavy atom. The van der Waals surface area contributed by atoms with Crippen molar-refractivity contribution in [2.24, 2.45) is 124 Å². The number of esters is 6. The predicted octanol–water partition coefficient (Wildman–Crippen LogP) is 11.3. The number of carboxylic acids is 1. The number of cyclic esters (lactones) is 2. The van der Waals surface area contributed by atoms with E-state index in [9.17, 15) is 39.0 Å². The monoisotopic (exact) mass is 1320 g/mol. The third-order valence-corrected chi connectivity index (χ3v) is 46.7. The van der Waals surface area contributed by atoms with Gasteiger partial charge in [-0.3, -0.25) is 33.6 Å². The molecule has 8 aliphatic rings. The summed E-state index contributed by atoms with van der Waals surface area (Å²) in [6, 6.07) is 0. The lowest BCUT2D eigenvalue weighted by Crippen LogP contribution is -2.51. The highest BCUT2D eigenvalue weighted by molar-refractivity contribution is 6.98. The van der Waals surface area contributed by atoms with E-state index in [2.05, 4.69) is 53.9 Å². The quantitative estimate of drug-likeness (QED) is 0.0256. The summed E-state index contributed by atoms with van der Waals surface area (Å²) in [7, 11) is -3.26. The van der Waals surface area contributed by atoms with Gasteiger partial charge in [-0.15, -0.1) is 0 Å². The van der Waals surface area contributed by atoms with Crippen LogP contribution in [0.5, 0.6) is 0 Å². The van der Waals surface area contributed by atoms with E-state index in [-0.39, 0.29) is 126 Å². The SMILES string of the molecule is CCC(C)C(=O)OC(C)(C)CCC(C)(C)OC(=O)C(C)CC1C2CC(CC2C(=O)OCCO[Si]2(C)C[Si](C)C[Si](C)C[Si](C)C2)C1C1C(=O)OC(=O)C1C1C2CC(CC2C(=O)[Si]C(C)(C)C)C1C1C(C)C2CC1C(C(=O)OCC(CC)(CC)CO)C2C(=O)O. The maximum absolute atomic E-state index is 15.2. The lowest BCUT2D eigenvalue weighted by Gasteiger charge is -2.49. The van der Waals surface area contributed by atoms with Gasteiger partial charge in [0.05, 0.1) is 61.2 Å². The zero-order valence-corrected chi connectivity index (χ0v) is 62.1. The summed E-state index contributed by atoms with van der Waals surface area (Å²) in [5, 5.41) is 21.2. The van der Waals surface area contributed by atoms with Crippen molar-refractivity contribution in [2.45, 2.75) is 226 Å². The number of carbonyl (C=O) groups excluding carboxylic acids is 7. The summed E-state index contributed by atoms with van der Waals surface area (Å²) >= 11 is 0. The molecule has 89 heavy (non-hydrogen) atoms. The average Bonchev–Trinajstić information content (AvgIpc) is 1.54. The molecule has 21 heteroatoms. The molecule has 6 aliphatic carbocycles. The molecule has 2 saturated heterocycles. The minimum absolute atomic E-state index is 0.0195. The fourth-order valence-electron chi connectivity index (χ4n) is 19.7. The summed E-state index contributed by atoms with van der Waals surface area (Å²) in [6.07, 6.45) is 5.72. The first-order chi connectivity index (χ1) is 41.5. The van der Waals surface area contributed by atoms with E-state index in [0.717, 1.165) is 0 Å². The van der Waals surface area contributed by atoms with Crippen LogP contribution >= 0.6 is 0 Å². The normalized spacial score (nSPS) is 35.5. The maximum Gasteiger partial charge on any atom is 0.317 e. The molecule has 499 valence electrons. The lowest BCUT2D eigenvalue weighted by atomic mass is 9.54. The van der Waals surface area contributed by atoms with Crippen LogP contribution in [0.3, 0.4) is 0 Å². The first-order valence-electron chi connectivity index (χ1n) is 34.3. The molecule has 0 spiro atoms. The molecule has 2 N–H and O–H groups in total. The number of aliphatic hydroxyl groups is 1. The van der Waals surface area contributed by atoms with Gasteiger partial charge < -0.3 is 43.1 Å².